The van der Waals surface area contributed by atoms with Crippen LogP contribution in [-0.4, -0.2) is 16.8 Å². The average Bonchev–Trinajstić information content (AvgIpc) is 2.94. The molecule has 2 N–H and O–H groups in total. The lowest BCUT2D eigenvalue weighted by molar-refractivity contribution is 0.303. The van der Waals surface area contributed by atoms with Gasteiger partial charge in [-0.1, -0.05) is 19.1 Å². The number of hydrogen-bond acceptors (Lipinski definition) is 4. The Morgan fingerprint density at radius 2 is 1.89 bits per heavy atom. The molecule has 28 heavy (non-hydrogen) atoms. The first kappa shape index (κ1) is 20.0. The maximum absolute atomic E-state index is 6.20. The zero-order valence-corrected chi connectivity index (χ0v) is 17.7. The highest BCUT2D eigenvalue weighted by atomic mass is 16.5. The normalized spacial score (nSPS) is 11.0. The predicted octanol–water partition coefficient (Wildman–Crippen LogP) is 4.46. The largest absolute Gasteiger partial charge is 0.489 e. The van der Waals surface area contributed by atoms with Gasteiger partial charge in [-0.2, -0.15) is 5.10 Å². The summed E-state index contributed by atoms with van der Waals surface area (Å²) in [5, 5.41) is 6.31. The van der Waals surface area contributed by atoms with Crippen molar-refractivity contribution in [1.82, 2.24) is 9.78 Å². The second-order valence-electron chi connectivity index (χ2n) is 7.33. The summed E-state index contributed by atoms with van der Waals surface area (Å²) in [4.78, 5) is 0. The number of nitrogens with zero attached hydrogens (tertiary/aromatic N) is 3. The lowest BCUT2D eigenvalue weighted by atomic mass is 10.0. The SMILES string of the molecule is CCc1cccc(N(C)N)c1COc1ccc(-c2nn(C)c(C)c2C)cc1C. The molecule has 0 unspecified atom stereocenters. The van der Waals surface area contributed by atoms with Gasteiger partial charge in [0, 0.05) is 30.9 Å². The molecule has 0 bridgehead atoms. The lowest BCUT2D eigenvalue weighted by Crippen LogP contribution is -2.27. The van der Waals surface area contributed by atoms with Gasteiger partial charge in [-0.15, -0.1) is 0 Å². The molecule has 0 saturated heterocycles. The summed E-state index contributed by atoms with van der Waals surface area (Å²) < 4.78 is 8.13. The minimum atomic E-state index is 0.489. The first-order chi connectivity index (χ1) is 13.3. The van der Waals surface area contributed by atoms with Crippen molar-refractivity contribution in [1.29, 1.82) is 0 Å². The molecule has 3 aromatic rings. The van der Waals surface area contributed by atoms with Gasteiger partial charge in [0.1, 0.15) is 12.4 Å². The molecule has 5 heteroatoms. The molecule has 0 aliphatic rings. The predicted molar refractivity (Wildman–Crippen MR) is 116 cm³/mol. The summed E-state index contributed by atoms with van der Waals surface area (Å²) in [5.74, 6) is 6.90. The van der Waals surface area contributed by atoms with Crippen molar-refractivity contribution in [3.63, 3.8) is 0 Å². The van der Waals surface area contributed by atoms with Crippen molar-refractivity contribution in [3.05, 3.63) is 64.3 Å². The Bertz CT molecular complexity index is 989. The molecule has 3 rings (SSSR count). The van der Waals surface area contributed by atoms with Crippen molar-refractivity contribution in [2.45, 2.75) is 40.7 Å². The number of benzene rings is 2. The van der Waals surface area contributed by atoms with Crippen LogP contribution in [0.2, 0.25) is 0 Å². The average molecular weight is 379 g/mol. The smallest absolute Gasteiger partial charge is 0.122 e. The van der Waals surface area contributed by atoms with E-state index in [4.69, 9.17) is 10.6 Å². The van der Waals surface area contributed by atoms with Gasteiger partial charge in [-0.3, -0.25) is 4.68 Å². The van der Waals surface area contributed by atoms with Crippen LogP contribution in [0.5, 0.6) is 5.75 Å². The summed E-state index contributed by atoms with van der Waals surface area (Å²) in [6, 6.07) is 12.5. The molecule has 0 amide bonds. The van der Waals surface area contributed by atoms with Crippen molar-refractivity contribution in [3.8, 4) is 17.0 Å². The van der Waals surface area contributed by atoms with Gasteiger partial charge < -0.3 is 9.75 Å². The highest BCUT2D eigenvalue weighted by molar-refractivity contribution is 5.66. The second kappa shape index (κ2) is 8.07. The number of anilines is 1. The molecule has 0 fully saturated rings. The molecule has 2 aromatic carbocycles. The van der Waals surface area contributed by atoms with Gasteiger partial charge in [0.15, 0.2) is 0 Å². The fourth-order valence-corrected chi connectivity index (χ4v) is 3.55. The summed E-state index contributed by atoms with van der Waals surface area (Å²) in [7, 11) is 3.84. The van der Waals surface area contributed by atoms with Crippen LogP contribution < -0.4 is 15.6 Å². The molecule has 0 aliphatic heterocycles. The summed E-state index contributed by atoms with van der Waals surface area (Å²) in [6.07, 6.45) is 0.941. The Morgan fingerprint density at radius 3 is 2.46 bits per heavy atom. The fraction of sp³-hybridized carbons (Fsp3) is 0.348. The monoisotopic (exact) mass is 378 g/mol. The highest BCUT2D eigenvalue weighted by Crippen LogP contribution is 2.30. The molecular formula is C23H30N4O. The highest BCUT2D eigenvalue weighted by Gasteiger charge is 2.14. The van der Waals surface area contributed by atoms with Crippen LogP contribution in [0.15, 0.2) is 36.4 Å². The molecule has 5 nitrogen and oxygen atoms in total. The van der Waals surface area contributed by atoms with Crippen molar-refractivity contribution in [2.24, 2.45) is 12.9 Å². The van der Waals surface area contributed by atoms with Crippen molar-refractivity contribution >= 4 is 5.69 Å². The van der Waals surface area contributed by atoms with E-state index in [-0.39, 0.29) is 0 Å². The Morgan fingerprint density at radius 1 is 1.14 bits per heavy atom. The zero-order valence-electron chi connectivity index (χ0n) is 17.7. The number of aryl methyl sites for hydroxylation is 3. The number of rotatable bonds is 6. The quantitative estimate of drug-likeness (QED) is 0.508. The molecule has 1 aromatic heterocycles. The lowest BCUT2D eigenvalue weighted by Gasteiger charge is -2.20. The maximum Gasteiger partial charge on any atom is 0.122 e. The number of hydrazine groups is 1. The Balaban J connectivity index is 1.86. The molecular weight excluding hydrogens is 348 g/mol. The first-order valence-corrected chi connectivity index (χ1v) is 9.66. The van der Waals surface area contributed by atoms with E-state index in [1.54, 1.807) is 5.01 Å². The van der Waals surface area contributed by atoms with E-state index in [9.17, 15) is 0 Å². The van der Waals surface area contributed by atoms with E-state index >= 15 is 0 Å². The topological polar surface area (TPSA) is 56.3 Å². The third-order valence-corrected chi connectivity index (χ3v) is 5.46. The fourth-order valence-electron chi connectivity index (χ4n) is 3.55. The van der Waals surface area contributed by atoms with Gasteiger partial charge in [0.25, 0.3) is 0 Å². The van der Waals surface area contributed by atoms with E-state index in [1.807, 2.05) is 37.0 Å². The minimum Gasteiger partial charge on any atom is -0.489 e. The van der Waals surface area contributed by atoms with Crippen LogP contribution in [0.4, 0.5) is 5.69 Å². The third kappa shape index (κ3) is 3.76. The minimum absolute atomic E-state index is 0.489. The van der Waals surface area contributed by atoms with Gasteiger partial charge >= 0.3 is 0 Å². The number of aromatic nitrogens is 2. The first-order valence-electron chi connectivity index (χ1n) is 9.66. The molecule has 0 atom stereocenters. The Hall–Kier alpha value is -2.79. The molecule has 0 saturated carbocycles. The van der Waals surface area contributed by atoms with Crippen LogP contribution in [0.1, 0.15) is 34.9 Å². The molecule has 0 spiro atoms. The Kier molecular flexibility index (Phi) is 5.75. The van der Waals surface area contributed by atoms with Crippen LogP contribution in [0, 0.1) is 20.8 Å². The van der Waals surface area contributed by atoms with E-state index < -0.39 is 0 Å². The van der Waals surface area contributed by atoms with Crippen molar-refractivity contribution in [2.75, 3.05) is 12.1 Å². The third-order valence-electron chi connectivity index (χ3n) is 5.46. The van der Waals surface area contributed by atoms with Crippen molar-refractivity contribution < 1.29 is 4.74 Å². The zero-order chi connectivity index (χ0) is 20.4. The summed E-state index contributed by atoms with van der Waals surface area (Å²) in [5.41, 5.74) is 9.01. The van der Waals surface area contributed by atoms with Crippen LogP contribution in [0.25, 0.3) is 11.3 Å². The molecule has 0 aliphatic carbocycles. The second-order valence-corrected chi connectivity index (χ2v) is 7.33. The van der Waals surface area contributed by atoms with Gasteiger partial charge in [0.2, 0.25) is 0 Å². The van der Waals surface area contributed by atoms with Gasteiger partial charge in [-0.25, -0.2) is 5.84 Å². The van der Waals surface area contributed by atoms with E-state index in [2.05, 4.69) is 51.0 Å². The van der Waals surface area contributed by atoms with E-state index in [1.165, 1.54) is 16.8 Å². The maximum atomic E-state index is 6.20. The molecule has 1 heterocycles. The van der Waals surface area contributed by atoms with Crippen LogP contribution in [-0.2, 0) is 20.1 Å². The van der Waals surface area contributed by atoms with E-state index in [0.717, 1.165) is 40.2 Å². The van der Waals surface area contributed by atoms with Gasteiger partial charge in [0.05, 0.1) is 11.4 Å². The summed E-state index contributed by atoms with van der Waals surface area (Å²) in [6.45, 7) is 8.92. The number of ether oxygens (including phenoxy) is 1. The molecule has 0 radical (unpaired) electrons. The van der Waals surface area contributed by atoms with Crippen LogP contribution in [0.3, 0.4) is 0 Å². The Labute approximate surface area is 167 Å². The number of hydrogen-bond donors (Lipinski definition) is 1. The van der Waals surface area contributed by atoms with Gasteiger partial charge in [-0.05, 0) is 68.1 Å². The number of nitrogens with two attached hydrogens (primary N) is 1. The van der Waals surface area contributed by atoms with E-state index in [0.29, 0.717) is 6.61 Å². The standard InChI is InChI=1S/C23H30N4O/c1-7-18-9-8-10-21(26(5)24)20(18)14-28-22-12-11-19(13-15(22)2)23-16(3)17(4)27(6)25-23/h8-13H,7,14,24H2,1-6H3. The summed E-state index contributed by atoms with van der Waals surface area (Å²) >= 11 is 0. The van der Waals surface area contributed by atoms with Crippen LogP contribution >= 0.6 is 0 Å². The molecule has 148 valence electrons.